The van der Waals surface area contributed by atoms with Gasteiger partial charge in [-0.1, -0.05) is 40.1 Å². The molecule has 7 heteroatoms. The fourth-order valence-corrected chi connectivity index (χ4v) is 2.66. The van der Waals surface area contributed by atoms with E-state index in [1.165, 1.54) is 27.5 Å². The summed E-state index contributed by atoms with van der Waals surface area (Å²) in [4.78, 5) is 4.47. The van der Waals surface area contributed by atoms with Crippen molar-refractivity contribution in [2.24, 2.45) is 0 Å². The first-order chi connectivity index (χ1) is 12.4. The number of allylic oxidation sites excluding steroid dienone is 5. The van der Waals surface area contributed by atoms with Crippen LogP contribution in [-0.4, -0.2) is 22.3 Å². The summed E-state index contributed by atoms with van der Waals surface area (Å²) in [5.74, 6) is 1.72. The van der Waals surface area contributed by atoms with Crippen molar-refractivity contribution in [1.82, 2.24) is 9.55 Å². The van der Waals surface area contributed by atoms with E-state index in [0.717, 1.165) is 11.4 Å². The Labute approximate surface area is 159 Å². The lowest BCUT2D eigenvalue weighted by atomic mass is 10.2. The molecule has 0 bridgehead atoms. The fraction of sp³-hybridized carbons (Fsp3) is 0.211. The highest BCUT2D eigenvalue weighted by molar-refractivity contribution is 7.18. The Kier molecular flexibility index (Phi) is 7.13. The molecule has 0 saturated carbocycles. The van der Waals surface area contributed by atoms with Crippen LogP contribution in [0.2, 0.25) is 0 Å². The molecule has 0 aliphatic rings. The topological polar surface area (TPSA) is 27.1 Å². The minimum atomic E-state index is -3.02. The normalized spacial score (nSPS) is 12.6. The van der Waals surface area contributed by atoms with Crippen molar-refractivity contribution in [3.8, 4) is 11.4 Å². The predicted octanol–water partition coefficient (Wildman–Crippen LogP) is 5.30. The van der Waals surface area contributed by atoms with Crippen LogP contribution in [0.15, 0.2) is 66.9 Å². The number of hydrogen-bond donors (Lipinski definition) is 0. The van der Waals surface area contributed by atoms with Gasteiger partial charge < -0.3 is 9.30 Å². The Morgan fingerprint density at radius 2 is 2.08 bits per heavy atom. The zero-order chi connectivity index (χ0) is 19.2. The first-order valence-corrected chi connectivity index (χ1v) is 8.94. The Balaban J connectivity index is 2.28. The molecule has 1 unspecified atom stereocenters. The van der Waals surface area contributed by atoms with E-state index in [1.807, 2.05) is 35.0 Å². The van der Waals surface area contributed by atoms with Gasteiger partial charge >= 0.3 is 0 Å². The third-order valence-electron chi connectivity index (χ3n) is 3.60. The van der Waals surface area contributed by atoms with Crippen molar-refractivity contribution in [3.05, 3.63) is 78.4 Å². The largest absolute Gasteiger partial charge is 0.497 e. The molecule has 0 radical (unpaired) electrons. The highest BCUT2D eigenvalue weighted by Crippen LogP contribution is 2.32. The lowest BCUT2D eigenvalue weighted by molar-refractivity contribution is 0.151. The molecule has 1 aromatic heterocycles. The maximum Gasteiger partial charge on any atom is 0.283 e. The van der Waals surface area contributed by atoms with Crippen LogP contribution in [0.5, 0.6) is 5.75 Å². The van der Waals surface area contributed by atoms with Crippen LogP contribution in [0.4, 0.5) is 8.78 Å². The number of nitrogens with zero attached hydrogens (tertiary/aromatic N) is 2. The molecule has 0 fully saturated rings. The highest BCUT2D eigenvalue weighted by Gasteiger charge is 2.24. The van der Waals surface area contributed by atoms with Gasteiger partial charge in [-0.2, -0.15) is 8.78 Å². The minimum absolute atomic E-state index is 0.141. The third kappa shape index (κ3) is 5.26. The van der Waals surface area contributed by atoms with Gasteiger partial charge in [0, 0.05) is 23.9 Å². The maximum absolute atomic E-state index is 13.5. The lowest BCUT2D eigenvalue weighted by Gasteiger charge is -2.11. The summed E-state index contributed by atoms with van der Waals surface area (Å²) in [5, 5.41) is 0. The Hall–Kier alpha value is -1.97. The predicted molar refractivity (Wildman–Crippen MR) is 105 cm³/mol. The molecule has 0 aliphatic carbocycles. The van der Waals surface area contributed by atoms with Gasteiger partial charge in [-0.05, 0) is 24.3 Å². The summed E-state index contributed by atoms with van der Waals surface area (Å²) in [6.07, 6.45) is 7.85. The second kappa shape index (κ2) is 9.11. The maximum atomic E-state index is 13.5. The molecule has 3 nitrogen and oxygen atoms in total. The summed E-state index contributed by atoms with van der Waals surface area (Å²) in [6, 6.07) is 7.47. The first kappa shape index (κ1) is 20.3. The van der Waals surface area contributed by atoms with E-state index in [2.05, 4.69) is 11.6 Å². The van der Waals surface area contributed by atoms with Crippen molar-refractivity contribution in [2.45, 2.75) is 18.0 Å². The molecule has 1 atom stereocenters. The molecule has 1 heterocycles. The summed E-state index contributed by atoms with van der Waals surface area (Å²) in [5.41, 5.74) is -1.56. The van der Waals surface area contributed by atoms with Crippen LogP contribution < -0.4 is 4.74 Å². The van der Waals surface area contributed by atoms with Gasteiger partial charge in [0.25, 0.3) is 5.66 Å². The number of hydrogen-bond acceptors (Lipinski definition) is 2. The molecule has 0 saturated heterocycles. The van der Waals surface area contributed by atoms with Gasteiger partial charge in [-0.25, -0.2) is 4.98 Å². The molecular formula is C19H20ClF2N2OP. The number of benzene rings is 1. The number of ether oxygens (including phenoxy) is 1. The van der Waals surface area contributed by atoms with Crippen molar-refractivity contribution >= 4 is 20.8 Å². The lowest BCUT2D eigenvalue weighted by Crippen LogP contribution is -2.07. The van der Waals surface area contributed by atoms with Crippen LogP contribution in [0, 0.1) is 0 Å². The number of halogens is 3. The van der Waals surface area contributed by atoms with Gasteiger partial charge in [0.05, 0.1) is 18.7 Å². The minimum Gasteiger partial charge on any atom is -0.497 e. The summed E-state index contributed by atoms with van der Waals surface area (Å²) in [7, 11) is 3.13. The number of imidazole rings is 1. The smallest absolute Gasteiger partial charge is 0.283 e. The summed E-state index contributed by atoms with van der Waals surface area (Å²) in [6.45, 7) is 3.47. The van der Waals surface area contributed by atoms with E-state index in [0.29, 0.717) is 17.9 Å². The standard InChI is InChI=1S/C19H20ClF2N2OP/c1-3-5-14(19(21,22)26)6-4-7-18-23-15(12-20)13-24(18)16-8-10-17(25-2)11-9-16/h3-6,8-11,13H,1,7,12,26H2,2H3/b6-4-,14-5+. The van der Waals surface area contributed by atoms with E-state index in [-0.39, 0.29) is 11.5 Å². The summed E-state index contributed by atoms with van der Waals surface area (Å²) >= 11 is 5.90. The van der Waals surface area contributed by atoms with Crippen molar-refractivity contribution in [1.29, 1.82) is 0 Å². The second-order valence-corrected chi connectivity index (χ2v) is 6.43. The zero-order valence-corrected chi connectivity index (χ0v) is 16.2. The highest BCUT2D eigenvalue weighted by atomic mass is 35.5. The molecular weight excluding hydrogens is 377 g/mol. The molecule has 2 rings (SSSR count). The summed E-state index contributed by atoms with van der Waals surface area (Å²) < 4.78 is 34.1. The van der Waals surface area contributed by atoms with Crippen LogP contribution in [0.1, 0.15) is 11.5 Å². The Morgan fingerprint density at radius 1 is 1.38 bits per heavy atom. The number of aromatic nitrogens is 2. The van der Waals surface area contributed by atoms with Gasteiger partial charge in [0.15, 0.2) is 0 Å². The van der Waals surface area contributed by atoms with Crippen LogP contribution in [0.3, 0.4) is 0 Å². The van der Waals surface area contributed by atoms with Crippen molar-refractivity contribution < 1.29 is 13.5 Å². The van der Waals surface area contributed by atoms with Crippen molar-refractivity contribution in [3.63, 3.8) is 0 Å². The zero-order valence-electron chi connectivity index (χ0n) is 14.3. The molecule has 2 aromatic rings. The van der Waals surface area contributed by atoms with E-state index in [9.17, 15) is 8.78 Å². The second-order valence-electron chi connectivity index (χ2n) is 5.44. The number of rotatable bonds is 8. The molecule has 1 aromatic carbocycles. The van der Waals surface area contributed by atoms with Crippen LogP contribution >= 0.6 is 20.8 Å². The van der Waals surface area contributed by atoms with Crippen molar-refractivity contribution in [2.75, 3.05) is 7.11 Å². The van der Waals surface area contributed by atoms with Gasteiger partial charge in [0.1, 0.15) is 11.6 Å². The fourth-order valence-electron chi connectivity index (χ4n) is 2.34. The third-order valence-corrected chi connectivity index (χ3v) is 4.20. The SMILES string of the molecule is C=C/C=C(\C=C/Cc1nc(CCl)cn1-c1ccc(OC)cc1)C(F)(F)P. The average molecular weight is 397 g/mol. The monoisotopic (exact) mass is 396 g/mol. The molecule has 26 heavy (non-hydrogen) atoms. The Morgan fingerprint density at radius 3 is 2.62 bits per heavy atom. The van der Waals surface area contributed by atoms with E-state index >= 15 is 0 Å². The number of alkyl halides is 3. The Bertz CT molecular complexity index is 808. The quantitative estimate of drug-likeness (QED) is 0.344. The van der Waals surface area contributed by atoms with Gasteiger partial charge in [-0.15, -0.1) is 11.6 Å². The molecule has 138 valence electrons. The van der Waals surface area contributed by atoms with E-state index in [4.69, 9.17) is 16.3 Å². The van der Waals surface area contributed by atoms with E-state index < -0.39 is 5.66 Å². The van der Waals surface area contributed by atoms with Gasteiger partial charge in [0.2, 0.25) is 0 Å². The van der Waals surface area contributed by atoms with Gasteiger partial charge in [-0.3, -0.25) is 0 Å². The molecule has 0 amide bonds. The van der Waals surface area contributed by atoms with Crippen LogP contribution in [0.25, 0.3) is 5.69 Å². The molecule has 0 aliphatic heterocycles. The van der Waals surface area contributed by atoms with Crippen LogP contribution in [-0.2, 0) is 12.3 Å². The molecule has 0 spiro atoms. The first-order valence-electron chi connectivity index (χ1n) is 7.83. The average Bonchev–Trinajstić information content (AvgIpc) is 3.03. The molecule has 0 N–H and O–H groups in total. The number of methoxy groups -OCH3 is 1. The van der Waals surface area contributed by atoms with E-state index in [1.54, 1.807) is 13.2 Å².